The molecule has 0 saturated heterocycles. The second-order valence-electron chi connectivity index (χ2n) is 5.48. The molecule has 3 aromatic heterocycles. The second-order valence-corrected chi connectivity index (χ2v) is 6.70. The molecule has 6 heteroatoms. The molecule has 25 heavy (non-hydrogen) atoms. The summed E-state index contributed by atoms with van der Waals surface area (Å²) in [7, 11) is 0. The van der Waals surface area contributed by atoms with Gasteiger partial charge in [-0.15, -0.1) is 0 Å². The summed E-state index contributed by atoms with van der Waals surface area (Å²) < 4.78 is 5.62. The highest BCUT2D eigenvalue weighted by Crippen LogP contribution is 2.39. The molecule has 0 amide bonds. The van der Waals surface area contributed by atoms with Crippen LogP contribution >= 0.6 is 22.9 Å². The number of aliphatic hydroxyl groups is 1. The van der Waals surface area contributed by atoms with Crippen LogP contribution in [0, 0.1) is 0 Å². The van der Waals surface area contributed by atoms with Crippen LogP contribution in [0.5, 0.6) is 0 Å². The molecule has 0 aliphatic rings. The standard InChI is InChI=1S/C19H13ClN2O2S/c20-15-5-3-12(4-6-15)19-16(18(23)13-2-1-8-21-10-13)17(22-24-19)14-7-9-25-11-14/h1-11,18,23H/t18-/m1/s1. The molecule has 0 spiro atoms. The zero-order chi connectivity index (χ0) is 17.2. The number of aromatic nitrogens is 2. The fraction of sp³-hybridized carbons (Fsp3) is 0.0526. The first-order valence-corrected chi connectivity index (χ1v) is 8.92. The SMILES string of the molecule is O[C@H](c1cccnc1)c1c(-c2ccsc2)noc1-c1ccc(Cl)cc1. The first-order chi connectivity index (χ1) is 12.2. The average Bonchev–Trinajstić information content (AvgIpc) is 3.32. The van der Waals surface area contributed by atoms with E-state index in [9.17, 15) is 5.11 Å². The molecule has 4 nitrogen and oxygen atoms in total. The van der Waals surface area contributed by atoms with Gasteiger partial charge in [0.25, 0.3) is 0 Å². The second kappa shape index (κ2) is 6.80. The molecule has 0 unspecified atom stereocenters. The Labute approximate surface area is 153 Å². The molecule has 1 N–H and O–H groups in total. The van der Waals surface area contributed by atoms with E-state index in [-0.39, 0.29) is 0 Å². The maximum Gasteiger partial charge on any atom is 0.173 e. The zero-order valence-electron chi connectivity index (χ0n) is 13.0. The summed E-state index contributed by atoms with van der Waals surface area (Å²) in [6.45, 7) is 0. The number of hydrogen-bond donors (Lipinski definition) is 1. The molecule has 4 rings (SSSR count). The first kappa shape index (κ1) is 16.0. The number of halogens is 1. The van der Waals surface area contributed by atoms with Crippen LogP contribution in [0.15, 0.2) is 70.1 Å². The van der Waals surface area contributed by atoms with Crippen LogP contribution < -0.4 is 0 Å². The quantitative estimate of drug-likeness (QED) is 0.537. The van der Waals surface area contributed by atoms with Gasteiger partial charge in [0, 0.05) is 39.5 Å². The van der Waals surface area contributed by atoms with Gasteiger partial charge in [-0.05, 0) is 41.8 Å². The molecule has 1 atom stereocenters. The summed E-state index contributed by atoms with van der Waals surface area (Å²) >= 11 is 7.55. The van der Waals surface area contributed by atoms with Gasteiger partial charge in [0.2, 0.25) is 0 Å². The van der Waals surface area contributed by atoms with Gasteiger partial charge in [0.1, 0.15) is 11.8 Å². The lowest BCUT2D eigenvalue weighted by atomic mass is 9.96. The van der Waals surface area contributed by atoms with Crippen molar-refractivity contribution in [2.24, 2.45) is 0 Å². The Morgan fingerprint density at radius 2 is 1.92 bits per heavy atom. The van der Waals surface area contributed by atoms with E-state index < -0.39 is 6.10 Å². The number of thiophene rings is 1. The Bertz CT molecular complexity index is 967. The maximum absolute atomic E-state index is 11.0. The van der Waals surface area contributed by atoms with Crippen molar-refractivity contribution in [2.75, 3.05) is 0 Å². The van der Waals surface area contributed by atoms with E-state index in [0.29, 0.717) is 27.6 Å². The number of pyridine rings is 1. The van der Waals surface area contributed by atoms with Gasteiger partial charge < -0.3 is 9.63 Å². The van der Waals surface area contributed by atoms with Crippen molar-refractivity contribution in [2.45, 2.75) is 6.10 Å². The van der Waals surface area contributed by atoms with E-state index >= 15 is 0 Å². The van der Waals surface area contributed by atoms with E-state index in [1.165, 1.54) is 0 Å². The van der Waals surface area contributed by atoms with Crippen LogP contribution in [0.2, 0.25) is 5.02 Å². The lowest BCUT2D eigenvalue weighted by Gasteiger charge is -2.12. The van der Waals surface area contributed by atoms with E-state index in [1.807, 2.05) is 35.0 Å². The molecule has 4 aromatic rings. The largest absolute Gasteiger partial charge is 0.383 e. The third-order valence-electron chi connectivity index (χ3n) is 3.90. The van der Waals surface area contributed by atoms with Gasteiger partial charge in [-0.2, -0.15) is 11.3 Å². The van der Waals surface area contributed by atoms with Crippen LogP contribution in [0.25, 0.3) is 22.6 Å². The van der Waals surface area contributed by atoms with Crippen molar-refractivity contribution < 1.29 is 9.63 Å². The Kier molecular flexibility index (Phi) is 4.36. The van der Waals surface area contributed by atoms with E-state index in [4.69, 9.17) is 16.1 Å². The van der Waals surface area contributed by atoms with Crippen LogP contribution in [0.1, 0.15) is 17.2 Å². The van der Waals surface area contributed by atoms with Crippen molar-refractivity contribution in [3.8, 4) is 22.6 Å². The van der Waals surface area contributed by atoms with Gasteiger partial charge >= 0.3 is 0 Å². The summed E-state index contributed by atoms with van der Waals surface area (Å²) in [6, 6.07) is 12.8. The highest BCUT2D eigenvalue weighted by molar-refractivity contribution is 7.08. The zero-order valence-corrected chi connectivity index (χ0v) is 14.5. The lowest BCUT2D eigenvalue weighted by molar-refractivity contribution is 0.220. The van der Waals surface area contributed by atoms with Crippen molar-refractivity contribution in [1.29, 1.82) is 0 Å². The van der Waals surface area contributed by atoms with E-state index in [2.05, 4.69) is 10.1 Å². The number of aliphatic hydroxyl groups excluding tert-OH is 1. The van der Waals surface area contributed by atoms with Gasteiger partial charge in [-0.3, -0.25) is 4.98 Å². The predicted molar refractivity (Wildman–Crippen MR) is 98.6 cm³/mol. The van der Waals surface area contributed by atoms with E-state index in [0.717, 1.165) is 11.1 Å². The summed E-state index contributed by atoms with van der Waals surface area (Å²) in [5, 5.41) is 19.8. The summed E-state index contributed by atoms with van der Waals surface area (Å²) in [5.74, 6) is 0.522. The van der Waals surface area contributed by atoms with Crippen LogP contribution in [0.4, 0.5) is 0 Å². The summed E-state index contributed by atoms with van der Waals surface area (Å²) in [6.07, 6.45) is 2.41. The topological polar surface area (TPSA) is 59.2 Å². The molecular formula is C19H13ClN2O2S. The lowest BCUT2D eigenvalue weighted by Crippen LogP contribution is -2.02. The van der Waals surface area contributed by atoms with Crippen LogP contribution in [-0.2, 0) is 0 Å². The van der Waals surface area contributed by atoms with Crippen molar-refractivity contribution >= 4 is 22.9 Å². The first-order valence-electron chi connectivity index (χ1n) is 7.60. The molecular weight excluding hydrogens is 356 g/mol. The molecule has 1 aromatic carbocycles. The molecule has 0 fully saturated rings. The molecule has 124 valence electrons. The van der Waals surface area contributed by atoms with Gasteiger partial charge in [0.15, 0.2) is 5.76 Å². The van der Waals surface area contributed by atoms with Crippen molar-refractivity contribution in [1.82, 2.24) is 10.1 Å². The highest BCUT2D eigenvalue weighted by Gasteiger charge is 2.26. The van der Waals surface area contributed by atoms with Crippen molar-refractivity contribution in [3.63, 3.8) is 0 Å². The molecule has 0 saturated carbocycles. The minimum Gasteiger partial charge on any atom is -0.383 e. The third kappa shape index (κ3) is 3.09. The fourth-order valence-corrected chi connectivity index (χ4v) is 3.44. The smallest absolute Gasteiger partial charge is 0.173 e. The molecule has 3 heterocycles. The maximum atomic E-state index is 11.0. The molecule has 0 radical (unpaired) electrons. The van der Waals surface area contributed by atoms with Gasteiger partial charge in [-0.25, -0.2) is 0 Å². The van der Waals surface area contributed by atoms with Gasteiger partial charge in [-0.1, -0.05) is 22.8 Å². The molecule has 0 bridgehead atoms. The number of benzene rings is 1. The van der Waals surface area contributed by atoms with Crippen LogP contribution in [0.3, 0.4) is 0 Å². The normalized spacial score (nSPS) is 12.2. The Balaban J connectivity index is 1.89. The fourth-order valence-electron chi connectivity index (χ4n) is 2.67. The Morgan fingerprint density at radius 1 is 1.08 bits per heavy atom. The Hall–Kier alpha value is -2.47. The monoisotopic (exact) mass is 368 g/mol. The summed E-state index contributed by atoms with van der Waals surface area (Å²) in [4.78, 5) is 4.10. The highest BCUT2D eigenvalue weighted by atomic mass is 35.5. The van der Waals surface area contributed by atoms with Gasteiger partial charge in [0.05, 0.1) is 5.56 Å². The number of nitrogens with zero attached hydrogens (tertiary/aromatic N) is 2. The third-order valence-corrected chi connectivity index (χ3v) is 4.84. The number of rotatable bonds is 4. The van der Waals surface area contributed by atoms with Crippen molar-refractivity contribution in [3.05, 3.63) is 81.8 Å². The minimum atomic E-state index is -0.902. The van der Waals surface area contributed by atoms with E-state index in [1.54, 1.807) is 41.9 Å². The van der Waals surface area contributed by atoms with Crippen LogP contribution in [-0.4, -0.2) is 15.2 Å². The average molecular weight is 369 g/mol. The molecule has 0 aliphatic heterocycles. The predicted octanol–water partition coefficient (Wildman–Crippen LogP) is 5.20. The molecule has 0 aliphatic carbocycles. The Morgan fingerprint density at radius 3 is 2.60 bits per heavy atom. The minimum absolute atomic E-state index is 0.522. The summed E-state index contributed by atoms with van der Waals surface area (Å²) in [5.41, 5.74) is 3.64. The number of hydrogen-bond acceptors (Lipinski definition) is 5.